The molecule has 0 aliphatic heterocycles. The van der Waals surface area contributed by atoms with Gasteiger partial charge in [-0.3, -0.25) is 4.79 Å². The van der Waals surface area contributed by atoms with Crippen molar-refractivity contribution in [1.29, 1.82) is 0 Å². The quantitative estimate of drug-likeness (QED) is 0.282. The van der Waals surface area contributed by atoms with Crippen molar-refractivity contribution in [2.75, 3.05) is 6.26 Å². The molecule has 1 aromatic rings. The Morgan fingerprint density at radius 2 is 1.86 bits per heavy atom. The molecule has 29 heavy (non-hydrogen) atoms. The molecule has 0 heterocycles. The van der Waals surface area contributed by atoms with Crippen molar-refractivity contribution in [2.24, 2.45) is 5.92 Å². The molecular formula is C26H39NOS. The zero-order chi connectivity index (χ0) is 21.1. The predicted molar refractivity (Wildman–Crippen MR) is 127 cm³/mol. The third-order valence-corrected chi connectivity index (χ3v) is 6.68. The predicted octanol–water partition coefficient (Wildman–Crippen LogP) is 7.62. The molecule has 1 unspecified atom stereocenters. The minimum absolute atomic E-state index is 0.217. The Morgan fingerprint density at radius 1 is 1.17 bits per heavy atom. The molecule has 1 atom stereocenters. The molecule has 1 N–H and O–H groups in total. The Hall–Kier alpha value is -1.48. The van der Waals surface area contributed by atoms with Gasteiger partial charge in [-0.1, -0.05) is 70.2 Å². The molecule has 3 heteroatoms. The molecule has 160 valence electrons. The number of carbonyl (C=O) groups is 1. The highest BCUT2D eigenvalue weighted by Gasteiger charge is 2.25. The summed E-state index contributed by atoms with van der Waals surface area (Å²) >= 11 is 1.78. The van der Waals surface area contributed by atoms with E-state index in [-0.39, 0.29) is 5.78 Å². The van der Waals surface area contributed by atoms with Crippen molar-refractivity contribution >= 4 is 17.5 Å². The van der Waals surface area contributed by atoms with Crippen LogP contribution in [-0.2, 0) is 4.79 Å². The highest BCUT2D eigenvalue weighted by atomic mass is 32.2. The average Bonchev–Trinajstić information content (AvgIpc) is 3.26. The van der Waals surface area contributed by atoms with Crippen molar-refractivity contribution in [1.82, 2.24) is 5.32 Å². The number of thioether (sulfide) groups is 1. The van der Waals surface area contributed by atoms with Gasteiger partial charge >= 0.3 is 0 Å². The SMILES string of the molecule is C/C=C(\N/C(=C/CCC)C(CC1CCCC1)c1ccc(SC)cc1)C(=O)CCC. The first-order valence-electron chi connectivity index (χ1n) is 11.4. The summed E-state index contributed by atoms with van der Waals surface area (Å²) in [5, 5.41) is 3.59. The fourth-order valence-electron chi connectivity index (χ4n) is 4.26. The van der Waals surface area contributed by atoms with Crippen LogP contribution in [0.5, 0.6) is 0 Å². The monoisotopic (exact) mass is 413 g/mol. The molecule has 1 saturated carbocycles. The standard InChI is InChI=1S/C26H39NOS/c1-5-8-14-25(27-24(7-3)26(28)11-6-2)23(19-20-12-9-10-13-20)21-15-17-22(29-4)18-16-21/h7,14-18,20,23,27H,5-6,8-13,19H2,1-4H3/b24-7-,25-14+. The second-order valence-electron chi connectivity index (χ2n) is 8.16. The van der Waals surface area contributed by atoms with Crippen molar-refractivity contribution in [3.63, 3.8) is 0 Å². The summed E-state index contributed by atoms with van der Waals surface area (Å²) < 4.78 is 0. The summed E-state index contributed by atoms with van der Waals surface area (Å²) in [6, 6.07) is 9.04. The normalized spacial score (nSPS) is 16.8. The van der Waals surface area contributed by atoms with E-state index in [1.165, 1.54) is 48.3 Å². The molecular weight excluding hydrogens is 374 g/mol. The summed E-state index contributed by atoms with van der Waals surface area (Å²) in [6.45, 7) is 6.24. The topological polar surface area (TPSA) is 29.1 Å². The largest absolute Gasteiger partial charge is 0.356 e. The molecule has 0 amide bonds. The first-order chi connectivity index (χ1) is 14.1. The molecule has 0 radical (unpaired) electrons. The molecule has 2 rings (SSSR count). The van der Waals surface area contributed by atoms with E-state index in [0.29, 0.717) is 12.3 Å². The van der Waals surface area contributed by atoms with Gasteiger partial charge in [0.15, 0.2) is 5.78 Å². The minimum Gasteiger partial charge on any atom is -0.356 e. The molecule has 0 bridgehead atoms. The molecule has 1 fully saturated rings. The van der Waals surface area contributed by atoms with Gasteiger partial charge < -0.3 is 5.32 Å². The van der Waals surface area contributed by atoms with Crippen LogP contribution in [0.1, 0.15) is 90.0 Å². The number of carbonyl (C=O) groups excluding carboxylic acids is 1. The van der Waals surface area contributed by atoms with E-state index < -0.39 is 0 Å². The number of benzene rings is 1. The van der Waals surface area contributed by atoms with Crippen LogP contribution >= 0.6 is 11.8 Å². The number of unbranched alkanes of at least 4 members (excludes halogenated alkanes) is 1. The Bertz CT molecular complexity index is 683. The Balaban J connectivity index is 2.35. The van der Waals surface area contributed by atoms with Crippen LogP contribution in [0.3, 0.4) is 0 Å². The lowest BCUT2D eigenvalue weighted by atomic mass is 9.85. The number of nitrogens with one attached hydrogen (secondary N) is 1. The van der Waals surface area contributed by atoms with Gasteiger partial charge in [-0.05, 0) is 56.1 Å². The minimum atomic E-state index is 0.217. The maximum atomic E-state index is 12.6. The number of hydrogen-bond acceptors (Lipinski definition) is 3. The van der Waals surface area contributed by atoms with E-state index in [1.54, 1.807) is 11.8 Å². The Morgan fingerprint density at radius 3 is 2.41 bits per heavy atom. The molecule has 0 spiro atoms. The van der Waals surface area contributed by atoms with Crippen molar-refractivity contribution in [3.8, 4) is 0 Å². The maximum Gasteiger partial charge on any atom is 0.178 e. The highest BCUT2D eigenvalue weighted by molar-refractivity contribution is 7.98. The lowest BCUT2D eigenvalue weighted by Gasteiger charge is -2.26. The van der Waals surface area contributed by atoms with Crippen molar-refractivity contribution in [2.45, 2.75) is 89.4 Å². The van der Waals surface area contributed by atoms with E-state index in [1.807, 2.05) is 13.0 Å². The van der Waals surface area contributed by atoms with Gasteiger partial charge in [0.2, 0.25) is 0 Å². The molecule has 2 nitrogen and oxygen atoms in total. The molecule has 1 aliphatic rings. The van der Waals surface area contributed by atoms with Gasteiger partial charge in [0.1, 0.15) is 0 Å². The molecule has 1 aliphatic carbocycles. The number of hydrogen-bond donors (Lipinski definition) is 1. The van der Waals surface area contributed by atoms with Gasteiger partial charge in [0.25, 0.3) is 0 Å². The van der Waals surface area contributed by atoms with Crippen LogP contribution < -0.4 is 5.32 Å². The van der Waals surface area contributed by atoms with E-state index in [4.69, 9.17) is 0 Å². The first-order valence-corrected chi connectivity index (χ1v) is 12.7. The smallest absolute Gasteiger partial charge is 0.178 e. The van der Waals surface area contributed by atoms with Gasteiger partial charge in [-0.2, -0.15) is 0 Å². The molecule has 1 aromatic carbocycles. The fraction of sp³-hybridized carbons (Fsp3) is 0.577. The average molecular weight is 414 g/mol. The molecule has 0 saturated heterocycles. The number of allylic oxidation sites excluding steroid dienone is 4. The van der Waals surface area contributed by atoms with Crippen molar-refractivity contribution in [3.05, 3.63) is 53.4 Å². The molecule has 0 aromatic heterocycles. The van der Waals surface area contributed by atoms with Crippen LogP contribution in [0.25, 0.3) is 0 Å². The number of Topliss-reactive ketones (excluding diaryl/α,β-unsaturated/α-hetero) is 1. The summed E-state index contributed by atoms with van der Waals surface area (Å²) in [7, 11) is 0. The summed E-state index contributed by atoms with van der Waals surface area (Å²) in [4.78, 5) is 13.9. The van der Waals surface area contributed by atoms with E-state index in [0.717, 1.165) is 30.9 Å². The van der Waals surface area contributed by atoms with Crippen molar-refractivity contribution < 1.29 is 4.79 Å². The summed E-state index contributed by atoms with van der Waals surface area (Å²) in [5.74, 6) is 1.33. The lowest BCUT2D eigenvalue weighted by molar-refractivity contribution is -0.115. The van der Waals surface area contributed by atoms with Gasteiger partial charge in [0.05, 0.1) is 5.70 Å². The van der Waals surface area contributed by atoms with E-state index >= 15 is 0 Å². The fourth-order valence-corrected chi connectivity index (χ4v) is 4.67. The number of rotatable bonds is 12. The van der Waals surface area contributed by atoms with Gasteiger partial charge in [-0.25, -0.2) is 0 Å². The van der Waals surface area contributed by atoms with Crippen LogP contribution in [0.2, 0.25) is 0 Å². The van der Waals surface area contributed by atoms with Gasteiger partial charge in [0, 0.05) is 22.9 Å². The van der Waals surface area contributed by atoms with Crippen LogP contribution in [0.15, 0.2) is 52.7 Å². The summed E-state index contributed by atoms with van der Waals surface area (Å²) in [6.07, 6.45) is 16.6. The van der Waals surface area contributed by atoms with Gasteiger partial charge in [-0.15, -0.1) is 11.8 Å². The second-order valence-corrected chi connectivity index (χ2v) is 9.04. The van der Waals surface area contributed by atoms with Crippen LogP contribution in [0, 0.1) is 5.92 Å². The maximum absolute atomic E-state index is 12.6. The second kappa shape index (κ2) is 13.0. The lowest BCUT2D eigenvalue weighted by Crippen LogP contribution is -2.25. The van der Waals surface area contributed by atoms with Crippen LogP contribution in [-0.4, -0.2) is 12.0 Å². The Labute approximate surface area is 182 Å². The zero-order valence-electron chi connectivity index (χ0n) is 18.8. The Kier molecular flexibility index (Phi) is 10.6. The summed E-state index contributed by atoms with van der Waals surface area (Å²) in [5.41, 5.74) is 3.34. The third-order valence-electron chi connectivity index (χ3n) is 5.94. The van der Waals surface area contributed by atoms with E-state index in [2.05, 4.69) is 55.8 Å². The first kappa shape index (κ1) is 23.8. The highest BCUT2D eigenvalue weighted by Crippen LogP contribution is 2.38. The van der Waals surface area contributed by atoms with Crippen LogP contribution in [0.4, 0.5) is 0 Å². The third kappa shape index (κ3) is 7.37. The van der Waals surface area contributed by atoms with E-state index in [9.17, 15) is 4.79 Å². The number of ketones is 1. The zero-order valence-corrected chi connectivity index (χ0v) is 19.6.